The maximum atomic E-state index is 12.0. The first kappa shape index (κ1) is 18.0. The molecule has 0 atom stereocenters. The maximum Gasteiger partial charge on any atom is 0.253 e. The predicted molar refractivity (Wildman–Crippen MR) is 84.7 cm³/mol. The summed E-state index contributed by atoms with van der Waals surface area (Å²) in [5.41, 5.74) is 0.309. The Hall–Kier alpha value is -2.08. The number of nitrogens with zero attached hydrogens (tertiary/aromatic N) is 1. The van der Waals surface area contributed by atoms with Crippen molar-refractivity contribution in [2.45, 2.75) is 13.8 Å². The molecule has 3 amide bonds. The fourth-order valence-corrected chi connectivity index (χ4v) is 2.03. The van der Waals surface area contributed by atoms with Crippen molar-refractivity contribution in [3.05, 3.63) is 34.9 Å². The monoisotopic (exact) mass is 325 g/mol. The van der Waals surface area contributed by atoms with Crippen LogP contribution in [0.1, 0.15) is 24.2 Å². The third-order valence-corrected chi connectivity index (χ3v) is 3.29. The number of nitrogens with one attached hydrogen (secondary N) is 2. The second-order valence-corrected chi connectivity index (χ2v) is 4.93. The molecule has 0 aliphatic carbocycles. The van der Waals surface area contributed by atoms with Crippen LogP contribution in [0.15, 0.2) is 24.3 Å². The van der Waals surface area contributed by atoms with Crippen LogP contribution in [0.4, 0.5) is 0 Å². The molecule has 0 saturated carbocycles. The first-order valence-corrected chi connectivity index (χ1v) is 7.44. The van der Waals surface area contributed by atoms with E-state index >= 15 is 0 Å². The van der Waals surface area contributed by atoms with Gasteiger partial charge in [-0.3, -0.25) is 14.4 Å². The summed E-state index contributed by atoms with van der Waals surface area (Å²) in [7, 11) is 0. The number of carbonyl (C=O) groups excluding carboxylic acids is 3. The van der Waals surface area contributed by atoms with Gasteiger partial charge in [0.05, 0.1) is 23.7 Å². The SMILES string of the molecule is CCNC(=O)CN(CC)C(=O)CNC(=O)c1ccccc1Cl. The van der Waals surface area contributed by atoms with Crippen molar-refractivity contribution in [1.29, 1.82) is 0 Å². The highest BCUT2D eigenvalue weighted by Crippen LogP contribution is 2.14. The highest BCUT2D eigenvalue weighted by molar-refractivity contribution is 6.33. The quantitative estimate of drug-likeness (QED) is 0.786. The van der Waals surface area contributed by atoms with E-state index in [0.717, 1.165) is 0 Å². The van der Waals surface area contributed by atoms with Gasteiger partial charge in [0.2, 0.25) is 11.8 Å². The molecule has 22 heavy (non-hydrogen) atoms. The number of hydrogen-bond acceptors (Lipinski definition) is 3. The van der Waals surface area contributed by atoms with Crippen LogP contribution in [-0.4, -0.2) is 48.8 Å². The molecule has 0 radical (unpaired) electrons. The van der Waals surface area contributed by atoms with Gasteiger partial charge >= 0.3 is 0 Å². The summed E-state index contributed by atoms with van der Waals surface area (Å²) in [4.78, 5) is 36.9. The van der Waals surface area contributed by atoms with Crippen molar-refractivity contribution >= 4 is 29.3 Å². The van der Waals surface area contributed by atoms with E-state index in [2.05, 4.69) is 10.6 Å². The molecular formula is C15H20ClN3O3. The lowest BCUT2D eigenvalue weighted by Gasteiger charge is -2.20. The molecule has 2 N–H and O–H groups in total. The average molecular weight is 326 g/mol. The molecule has 1 aromatic rings. The number of benzene rings is 1. The zero-order valence-corrected chi connectivity index (χ0v) is 13.4. The summed E-state index contributed by atoms with van der Waals surface area (Å²) in [5.74, 6) is -0.975. The van der Waals surface area contributed by atoms with E-state index < -0.39 is 5.91 Å². The van der Waals surface area contributed by atoms with E-state index in [1.807, 2.05) is 0 Å². The number of rotatable bonds is 7. The molecule has 120 valence electrons. The molecule has 0 bridgehead atoms. The average Bonchev–Trinajstić information content (AvgIpc) is 2.50. The first-order chi connectivity index (χ1) is 10.5. The molecule has 0 aromatic heterocycles. The maximum absolute atomic E-state index is 12.0. The Balaban J connectivity index is 2.55. The summed E-state index contributed by atoms with van der Waals surface area (Å²) < 4.78 is 0. The van der Waals surface area contributed by atoms with Gasteiger partial charge in [0.25, 0.3) is 5.91 Å². The first-order valence-electron chi connectivity index (χ1n) is 7.06. The molecule has 0 aliphatic rings. The fraction of sp³-hybridized carbons (Fsp3) is 0.400. The van der Waals surface area contributed by atoms with Gasteiger partial charge in [-0.1, -0.05) is 23.7 Å². The van der Waals surface area contributed by atoms with Crippen LogP contribution in [0, 0.1) is 0 Å². The van der Waals surface area contributed by atoms with Crippen molar-refractivity contribution < 1.29 is 14.4 Å². The third kappa shape index (κ3) is 5.37. The lowest BCUT2D eigenvalue weighted by molar-refractivity contribution is -0.135. The Morgan fingerprint density at radius 2 is 1.82 bits per heavy atom. The number of halogens is 1. The smallest absolute Gasteiger partial charge is 0.253 e. The summed E-state index contributed by atoms with van der Waals surface area (Å²) in [6, 6.07) is 6.59. The van der Waals surface area contributed by atoms with E-state index in [9.17, 15) is 14.4 Å². The molecule has 0 spiro atoms. The number of amides is 3. The summed E-state index contributed by atoms with van der Waals surface area (Å²) in [5, 5.41) is 5.46. The highest BCUT2D eigenvalue weighted by Gasteiger charge is 2.17. The van der Waals surface area contributed by atoms with Crippen molar-refractivity contribution in [3.8, 4) is 0 Å². The molecule has 0 aliphatic heterocycles. The number of likely N-dealkylation sites (N-methyl/N-ethyl adjacent to an activating group) is 2. The minimum atomic E-state index is -0.423. The van der Waals surface area contributed by atoms with E-state index in [-0.39, 0.29) is 24.9 Å². The van der Waals surface area contributed by atoms with Gasteiger partial charge in [-0.25, -0.2) is 0 Å². The molecule has 0 fully saturated rings. The van der Waals surface area contributed by atoms with Crippen LogP contribution < -0.4 is 10.6 Å². The van der Waals surface area contributed by atoms with E-state index in [1.54, 1.807) is 38.1 Å². The molecular weight excluding hydrogens is 306 g/mol. The Labute approximate surface area is 134 Å². The predicted octanol–water partition coefficient (Wildman–Crippen LogP) is 1.05. The van der Waals surface area contributed by atoms with Crippen molar-refractivity contribution in [1.82, 2.24) is 15.5 Å². The van der Waals surface area contributed by atoms with Crippen molar-refractivity contribution in [2.24, 2.45) is 0 Å². The lowest BCUT2D eigenvalue weighted by Crippen LogP contribution is -2.45. The van der Waals surface area contributed by atoms with Crippen LogP contribution in [0.5, 0.6) is 0 Å². The van der Waals surface area contributed by atoms with Crippen LogP contribution in [0.2, 0.25) is 5.02 Å². The van der Waals surface area contributed by atoms with Gasteiger partial charge in [0.1, 0.15) is 0 Å². The summed E-state index contributed by atoms with van der Waals surface area (Å²) in [6.07, 6.45) is 0. The van der Waals surface area contributed by atoms with Gasteiger partial charge in [0.15, 0.2) is 0 Å². The molecule has 1 rings (SSSR count). The van der Waals surface area contributed by atoms with Crippen LogP contribution in [0.25, 0.3) is 0 Å². The molecule has 6 nitrogen and oxygen atoms in total. The third-order valence-electron chi connectivity index (χ3n) is 2.96. The minimum Gasteiger partial charge on any atom is -0.355 e. The zero-order valence-electron chi connectivity index (χ0n) is 12.7. The summed E-state index contributed by atoms with van der Waals surface area (Å²) in [6.45, 7) is 4.26. The van der Waals surface area contributed by atoms with Gasteiger partial charge in [0, 0.05) is 13.1 Å². The molecule has 0 unspecified atom stereocenters. The van der Waals surface area contributed by atoms with Gasteiger partial charge in [-0.2, -0.15) is 0 Å². The van der Waals surface area contributed by atoms with Crippen molar-refractivity contribution in [2.75, 3.05) is 26.2 Å². The molecule has 1 aromatic carbocycles. The van der Waals surface area contributed by atoms with E-state index in [4.69, 9.17) is 11.6 Å². The normalized spacial score (nSPS) is 9.95. The number of carbonyl (C=O) groups is 3. The Morgan fingerprint density at radius 1 is 1.14 bits per heavy atom. The van der Waals surface area contributed by atoms with Crippen LogP contribution in [0.3, 0.4) is 0 Å². The standard InChI is InChI=1S/C15H20ClN3O3/c1-3-17-13(20)10-19(4-2)14(21)9-18-15(22)11-7-5-6-8-12(11)16/h5-8H,3-4,9-10H2,1-2H3,(H,17,20)(H,18,22). The van der Waals surface area contributed by atoms with Crippen molar-refractivity contribution in [3.63, 3.8) is 0 Å². The zero-order chi connectivity index (χ0) is 16.5. The second kappa shape index (κ2) is 9.04. The Morgan fingerprint density at radius 3 is 2.41 bits per heavy atom. The largest absolute Gasteiger partial charge is 0.355 e. The molecule has 0 heterocycles. The van der Waals surface area contributed by atoms with E-state index in [0.29, 0.717) is 23.7 Å². The Bertz CT molecular complexity index is 549. The van der Waals surface area contributed by atoms with Crippen LogP contribution >= 0.6 is 11.6 Å². The minimum absolute atomic E-state index is 0.0227. The molecule has 0 saturated heterocycles. The topological polar surface area (TPSA) is 78.5 Å². The molecule has 7 heteroatoms. The lowest BCUT2D eigenvalue weighted by atomic mass is 10.2. The fourth-order valence-electron chi connectivity index (χ4n) is 1.81. The van der Waals surface area contributed by atoms with Crippen LogP contribution in [-0.2, 0) is 9.59 Å². The van der Waals surface area contributed by atoms with Gasteiger partial charge < -0.3 is 15.5 Å². The Kier molecular flexibility index (Phi) is 7.39. The van der Waals surface area contributed by atoms with Gasteiger partial charge in [-0.15, -0.1) is 0 Å². The second-order valence-electron chi connectivity index (χ2n) is 4.52. The van der Waals surface area contributed by atoms with Gasteiger partial charge in [-0.05, 0) is 26.0 Å². The number of hydrogen-bond donors (Lipinski definition) is 2. The summed E-state index contributed by atoms with van der Waals surface area (Å²) >= 11 is 5.92. The van der Waals surface area contributed by atoms with E-state index in [1.165, 1.54) is 4.90 Å². The highest BCUT2D eigenvalue weighted by atomic mass is 35.5.